The number of nitrogens with one attached hydrogen (secondary N) is 2. The summed E-state index contributed by atoms with van der Waals surface area (Å²) < 4.78 is 0. The first-order valence-electron chi connectivity index (χ1n) is 5.12. The van der Waals surface area contributed by atoms with E-state index < -0.39 is 0 Å². The molecule has 0 aromatic carbocycles. The minimum Gasteiger partial charge on any atom is -0.367 e. The Morgan fingerprint density at radius 3 is 3.00 bits per heavy atom. The fourth-order valence-corrected chi connectivity index (χ4v) is 1.42. The van der Waals surface area contributed by atoms with Crippen LogP contribution >= 0.6 is 0 Å². The van der Waals surface area contributed by atoms with E-state index in [-0.39, 0.29) is 5.91 Å². The lowest BCUT2D eigenvalue weighted by molar-refractivity contribution is -0.120. The molecule has 4 nitrogen and oxygen atoms in total. The van der Waals surface area contributed by atoms with Gasteiger partial charge in [0.1, 0.15) is 0 Å². The molecule has 0 radical (unpaired) electrons. The second kappa shape index (κ2) is 5.11. The summed E-state index contributed by atoms with van der Waals surface area (Å²) in [5.74, 6) is 0.0171. The van der Waals surface area contributed by atoms with E-state index in [0.29, 0.717) is 13.0 Å². The van der Waals surface area contributed by atoms with Crippen LogP contribution in [-0.2, 0) is 17.8 Å². The highest BCUT2D eigenvalue weighted by molar-refractivity contribution is 5.78. The number of hydrogen-bond donors (Lipinski definition) is 2. The number of hydrogen-bond acceptors (Lipinski definition) is 2. The van der Waals surface area contributed by atoms with E-state index in [9.17, 15) is 4.79 Å². The Bertz CT molecular complexity index is 437. The van der Waals surface area contributed by atoms with Crippen molar-refractivity contribution < 1.29 is 4.79 Å². The van der Waals surface area contributed by atoms with Crippen LogP contribution in [0.25, 0.3) is 0 Å². The van der Waals surface area contributed by atoms with Gasteiger partial charge in [-0.15, -0.1) is 0 Å². The van der Waals surface area contributed by atoms with Crippen LogP contribution < -0.4 is 5.32 Å². The van der Waals surface area contributed by atoms with Gasteiger partial charge in [-0.2, -0.15) is 0 Å². The summed E-state index contributed by atoms with van der Waals surface area (Å²) in [6, 6.07) is 5.68. The number of nitrogens with zero attached hydrogens (tertiary/aromatic N) is 1. The quantitative estimate of drug-likeness (QED) is 0.806. The first-order valence-corrected chi connectivity index (χ1v) is 5.12. The molecule has 0 atom stereocenters. The standard InChI is InChI=1S/C12H13N3O/c16-12(6-10-3-5-14-7-10)15-9-11-2-1-4-13-8-11/h1-5,7-8,14H,6,9H2,(H,15,16). The number of pyridine rings is 1. The molecule has 0 aliphatic heterocycles. The average Bonchev–Trinajstić information content (AvgIpc) is 2.81. The Labute approximate surface area is 93.7 Å². The van der Waals surface area contributed by atoms with E-state index in [2.05, 4.69) is 15.3 Å². The van der Waals surface area contributed by atoms with Crippen LogP contribution in [0.1, 0.15) is 11.1 Å². The zero-order chi connectivity index (χ0) is 11.2. The maximum Gasteiger partial charge on any atom is 0.224 e. The molecule has 1 amide bonds. The second-order valence-electron chi connectivity index (χ2n) is 3.53. The molecule has 4 heteroatoms. The highest BCUT2D eigenvalue weighted by Gasteiger charge is 2.02. The smallest absolute Gasteiger partial charge is 0.224 e. The number of carbonyl (C=O) groups is 1. The Kier molecular flexibility index (Phi) is 3.33. The van der Waals surface area contributed by atoms with Crippen LogP contribution in [-0.4, -0.2) is 15.9 Å². The van der Waals surface area contributed by atoms with E-state index >= 15 is 0 Å². The molecule has 0 bridgehead atoms. The summed E-state index contributed by atoms with van der Waals surface area (Å²) >= 11 is 0. The molecule has 2 N–H and O–H groups in total. The Morgan fingerprint density at radius 2 is 2.31 bits per heavy atom. The molecule has 0 saturated heterocycles. The summed E-state index contributed by atoms with van der Waals surface area (Å²) in [6.45, 7) is 0.525. The molecule has 0 aliphatic carbocycles. The van der Waals surface area contributed by atoms with Gasteiger partial charge in [0.05, 0.1) is 6.42 Å². The maximum atomic E-state index is 11.5. The summed E-state index contributed by atoms with van der Waals surface area (Å²) in [5, 5.41) is 2.84. The van der Waals surface area contributed by atoms with E-state index in [0.717, 1.165) is 11.1 Å². The van der Waals surface area contributed by atoms with Crippen LogP contribution in [0.3, 0.4) is 0 Å². The average molecular weight is 215 g/mol. The number of aromatic nitrogens is 2. The molecule has 2 rings (SSSR count). The van der Waals surface area contributed by atoms with Crippen molar-refractivity contribution in [2.45, 2.75) is 13.0 Å². The van der Waals surface area contributed by atoms with Crippen molar-refractivity contribution in [3.63, 3.8) is 0 Å². The first kappa shape index (κ1) is 10.4. The topological polar surface area (TPSA) is 57.8 Å². The maximum absolute atomic E-state index is 11.5. The molecule has 0 unspecified atom stereocenters. The molecule has 2 aromatic rings. The van der Waals surface area contributed by atoms with Crippen LogP contribution in [0.15, 0.2) is 43.0 Å². The lowest BCUT2D eigenvalue weighted by Gasteiger charge is -2.03. The van der Waals surface area contributed by atoms with Gasteiger partial charge in [-0.3, -0.25) is 9.78 Å². The fraction of sp³-hybridized carbons (Fsp3) is 0.167. The summed E-state index contributed by atoms with van der Waals surface area (Å²) in [7, 11) is 0. The monoisotopic (exact) mass is 215 g/mol. The molecule has 0 spiro atoms. The molecule has 0 aliphatic rings. The van der Waals surface area contributed by atoms with Crippen molar-refractivity contribution in [2.75, 3.05) is 0 Å². The van der Waals surface area contributed by atoms with Crippen LogP contribution in [0.5, 0.6) is 0 Å². The molecule has 16 heavy (non-hydrogen) atoms. The normalized spacial score (nSPS) is 10.0. The van der Waals surface area contributed by atoms with Crippen molar-refractivity contribution in [2.24, 2.45) is 0 Å². The predicted octanol–water partition coefficient (Wildman–Crippen LogP) is 1.27. The predicted molar refractivity (Wildman–Crippen MR) is 60.6 cm³/mol. The molecular formula is C12H13N3O. The Hall–Kier alpha value is -2.10. The van der Waals surface area contributed by atoms with Gasteiger partial charge in [-0.25, -0.2) is 0 Å². The largest absolute Gasteiger partial charge is 0.367 e. The van der Waals surface area contributed by atoms with Crippen molar-refractivity contribution in [1.82, 2.24) is 15.3 Å². The summed E-state index contributed by atoms with van der Waals surface area (Å²) in [6.07, 6.45) is 7.50. The summed E-state index contributed by atoms with van der Waals surface area (Å²) in [5.41, 5.74) is 1.99. The van der Waals surface area contributed by atoms with E-state index in [1.807, 2.05) is 30.6 Å². The minimum absolute atomic E-state index is 0.0171. The van der Waals surface area contributed by atoms with Gasteiger partial charge in [0.2, 0.25) is 5.91 Å². The van der Waals surface area contributed by atoms with Crippen molar-refractivity contribution in [1.29, 1.82) is 0 Å². The number of rotatable bonds is 4. The highest BCUT2D eigenvalue weighted by atomic mass is 16.1. The molecular weight excluding hydrogens is 202 g/mol. The third kappa shape index (κ3) is 2.95. The van der Waals surface area contributed by atoms with Gasteiger partial charge in [0.15, 0.2) is 0 Å². The number of carbonyl (C=O) groups excluding carboxylic acids is 1. The molecule has 2 aromatic heterocycles. The molecule has 0 saturated carbocycles. The van der Waals surface area contributed by atoms with Crippen LogP contribution in [0, 0.1) is 0 Å². The van der Waals surface area contributed by atoms with E-state index in [1.54, 1.807) is 12.4 Å². The summed E-state index contributed by atoms with van der Waals surface area (Å²) in [4.78, 5) is 18.4. The van der Waals surface area contributed by atoms with Crippen molar-refractivity contribution in [3.8, 4) is 0 Å². The Balaban J connectivity index is 1.80. The zero-order valence-corrected chi connectivity index (χ0v) is 8.81. The number of H-pyrrole nitrogens is 1. The van der Waals surface area contributed by atoms with Crippen molar-refractivity contribution >= 4 is 5.91 Å². The lowest BCUT2D eigenvalue weighted by atomic mass is 10.2. The molecule has 2 heterocycles. The molecule has 0 fully saturated rings. The second-order valence-corrected chi connectivity index (χ2v) is 3.53. The lowest BCUT2D eigenvalue weighted by Crippen LogP contribution is -2.24. The molecule has 82 valence electrons. The third-order valence-electron chi connectivity index (χ3n) is 2.24. The Morgan fingerprint density at radius 1 is 1.38 bits per heavy atom. The minimum atomic E-state index is 0.0171. The number of amides is 1. The first-order chi connectivity index (χ1) is 7.84. The highest BCUT2D eigenvalue weighted by Crippen LogP contribution is 1.99. The third-order valence-corrected chi connectivity index (χ3v) is 2.24. The van der Waals surface area contributed by atoms with Gasteiger partial charge < -0.3 is 10.3 Å². The van der Waals surface area contributed by atoms with Crippen LogP contribution in [0.4, 0.5) is 0 Å². The van der Waals surface area contributed by atoms with E-state index in [1.165, 1.54) is 0 Å². The van der Waals surface area contributed by atoms with Crippen LogP contribution in [0.2, 0.25) is 0 Å². The van der Waals surface area contributed by atoms with Gasteiger partial charge in [0, 0.05) is 31.3 Å². The van der Waals surface area contributed by atoms with Gasteiger partial charge in [-0.1, -0.05) is 6.07 Å². The van der Waals surface area contributed by atoms with Gasteiger partial charge >= 0.3 is 0 Å². The van der Waals surface area contributed by atoms with E-state index in [4.69, 9.17) is 0 Å². The van der Waals surface area contributed by atoms with Crippen molar-refractivity contribution in [3.05, 3.63) is 54.1 Å². The fourth-order valence-electron chi connectivity index (χ4n) is 1.42. The van der Waals surface area contributed by atoms with Gasteiger partial charge in [0.25, 0.3) is 0 Å². The SMILES string of the molecule is O=C(Cc1cc[nH]c1)NCc1cccnc1. The van der Waals surface area contributed by atoms with Gasteiger partial charge in [-0.05, 0) is 23.3 Å². The number of aromatic amines is 1. The zero-order valence-electron chi connectivity index (χ0n) is 8.81.